The molecule has 2 N–H and O–H groups in total. The fraction of sp³-hybridized carbons (Fsp3) is 0. The lowest BCUT2D eigenvalue weighted by Crippen LogP contribution is -1.91. The highest BCUT2D eigenvalue weighted by molar-refractivity contribution is 14.1. The second kappa shape index (κ2) is 5.76. The molecule has 0 bridgehead atoms. The van der Waals surface area contributed by atoms with Gasteiger partial charge in [-0.05, 0) is 46.9 Å². The van der Waals surface area contributed by atoms with Gasteiger partial charge in [0.05, 0.1) is 5.56 Å². The Morgan fingerprint density at radius 2 is 1.90 bits per heavy atom. The molecule has 106 valence electrons. The van der Waals surface area contributed by atoms with E-state index in [1.165, 1.54) is 12.1 Å². The molecule has 0 aliphatic rings. The van der Waals surface area contributed by atoms with E-state index in [0.29, 0.717) is 17.1 Å². The molecular formula is C15H9BrFIN2O. The zero-order valence-corrected chi connectivity index (χ0v) is 14.4. The van der Waals surface area contributed by atoms with Gasteiger partial charge in [-0.15, -0.1) is 0 Å². The van der Waals surface area contributed by atoms with E-state index in [2.05, 4.69) is 43.7 Å². The molecule has 0 amide bonds. The van der Waals surface area contributed by atoms with E-state index >= 15 is 0 Å². The number of halogens is 3. The van der Waals surface area contributed by atoms with Crippen LogP contribution >= 0.6 is 38.5 Å². The van der Waals surface area contributed by atoms with Crippen LogP contribution in [0.4, 0.5) is 10.2 Å². The molecule has 0 atom stereocenters. The Kier molecular flexibility index (Phi) is 3.99. The van der Waals surface area contributed by atoms with Gasteiger partial charge in [-0.2, -0.15) is 0 Å². The molecule has 3 nitrogen and oxygen atoms in total. The number of anilines is 1. The van der Waals surface area contributed by atoms with E-state index in [1.807, 2.05) is 24.3 Å². The maximum Gasteiger partial charge on any atom is 0.178 e. The summed E-state index contributed by atoms with van der Waals surface area (Å²) in [5.41, 5.74) is 8.30. The Balaban J connectivity index is 2.25. The monoisotopic (exact) mass is 458 g/mol. The minimum absolute atomic E-state index is 0.293. The van der Waals surface area contributed by atoms with E-state index in [9.17, 15) is 4.39 Å². The van der Waals surface area contributed by atoms with Crippen LogP contribution in [0.25, 0.3) is 22.5 Å². The first-order valence-corrected chi connectivity index (χ1v) is 7.90. The smallest absolute Gasteiger partial charge is 0.178 e. The number of nitrogens with two attached hydrogens (primary N) is 1. The molecule has 3 aromatic rings. The summed E-state index contributed by atoms with van der Waals surface area (Å²) in [6, 6.07) is 12.2. The normalized spacial score (nSPS) is 10.8. The van der Waals surface area contributed by atoms with Crippen LogP contribution in [-0.2, 0) is 0 Å². The summed E-state index contributed by atoms with van der Waals surface area (Å²) >= 11 is 5.57. The van der Waals surface area contributed by atoms with Crippen LogP contribution in [0.3, 0.4) is 0 Å². The quantitative estimate of drug-likeness (QED) is 0.543. The predicted molar refractivity (Wildman–Crippen MR) is 92.2 cm³/mol. The van der Waals surface area contributed by atoms with Crippen molar-refractivity contribution in [3.05, 3.63) is 56.3 Å². The van der Waals surface area contributed by atoms with Gasteiger partial charge in [0.15, 0.2) is 11.6 Å². The molecule has 0 spiro atoms. The van der Waals surface area contributed by atoms with E-state index in [0.717, 1.165) is 19.2 Å². The number of nitrogen functional groups attached to an aromatic ring is 1. The topological polar surface area (TPSA) is 52.0 Å². The van der Waals surface area contributed by atoms with Crippen LogP contribution in [0.5, 0.6) is 0 Å². The summed E-state index contributed by atoms with van der Waals surface area (Å²) < 4.78 is 20.3. The first-order chi connectivity index (χ1) is 10.1. The number of hydrogen-bond donors (Lipinski definition) is 1. The summed E-state index contributed by atoms with van der Waals surface area (Å²) in [5, 5.41) is 3.86. The van der Waals surface area contributed by atoms with Crippen molar-refractivity contribution in [2.45, 2.75) is 0 Å². The van der Waals surface area contributed by atoms with Crippen LogP contribution in [0.2, 0.25) is 0 Å². The first kappa shape index (κ1) is 14.5. The first-order valence-electron chi connectivity index (χ1n) is 6.03. The fourth-order valence-electron chi connectivity index (χ4n) is 2.08. The molecule has 0 fully saturated rings. The molecule has 0 aliphatic heterocycles. The molecule has 21 heavy (non-hydrogen) atoms. The minimum Gasteiger partial charge on any atom is -0.380 e. The molecule has 0 unspecified atom stereocenters. The van der Waals surface area contributed by atoms with Crippen molar-refractivity contribution < 1.29 is 8.91 Å². The van der Waals surface area contributed by atoms with E-state index < -0.39 is 0 Å². The molecule has 0 saturated carbocycles. The number of aromatic nitrogens is 1. The second-order valence-electron chi connectivity index (χ2n) is 4.38. The van der Waals surface area contributed by atoms with Crippen molar-refractivity contribution in [3.8, 4) is 22.5 Å². The standard InChI is InChI=1S/C15H9BrFIN2O/c16-11-4-2-1-3-9(11)13-14(21-20-15(13)19)10-6-5-8(17)7-12(10)18/h1-7H,(H2,19,20). The Morgan fingerprint density at radius 3 is 2.62 bits per heavy atom. The molecule has 2 aromatic carbocycles. The van der Waals surface area contributed by atoms with E-state index in [4.69, 9.17) is 10.3 Å². The molecule has 0 aliphatic carbocycles. The number of hydrogen-bond acceptors (Lipinski definition) is 3. The third kappa shape index (κ3) is 2.69. The van der Waals surface area contributed by atoms with Crippen LogP contribution in [0.1, 0.15) is 0 Å². The maximum absolute atomic E-state index is 13.3. The highest BCUT2D eigenvalue weighted by Crippen LogP contribution is 2.41. The summed E-state index contributed by atoms with van der Waals surface area (Å²) in [5.74, 6) is 0.541. The van der Waals surface area contributed by atoms with Crippen LogP contribution in [-0.4, -0.2) is 5.16 Å². The average Bonchev–Trinajstić information content (AvgIpc) is 2.81. The van der Waals surface area contributed by atoms with Gasteiger partial charge in [-0.3, -0.25) is 0 Å². The Bertz CT molecular complexity index is 819. The number of nitrogens with zero attached hydrogens (tertiary/aromatic N) is 1. The van der Waals surface area contributed by atoms with Crippen molar-refractivity contribution in [2.24, 2.45) is 0 Å². The van der Waals surface area contributed by atoms with Crippen molar-refractivity contribution in [1.29, 1.82) is 0 Å². The summed E-state index contributed by atoms with van der Waals surface area (Å²) in [6.45, 7) is 0. The van der Waals surface area contributed by atoms with Crippen molar-refractivity contribution in [3.63, 3.8) is 0 Å². The zero-order chi connectivity index (χ0) is 15.0. The second-order valence-corrected chi connectivity index (χ2v) is 6.39. The molecule has 0 radical (unpaired) electrons. The largest absolute Gasteiger partial charge is 0.380 e. The summed E-state index contributed by atoms with van der Waals surface area (Å²) in [4.78, 5) is 0. The van der Waals surface area contributed by atoms with Gasteiger partial charge < -0.3 is 10.3 Å². The number of benzene rings is 2. The van der Waals surface area contributed by atoms with Crippen molar-refractivity contribution in [1.82, 2.24) is 5.16 Å². The highest BCUT2D eigenvalue weighted by atomic mass is 127. The third-order valence-electron chi connectivity index (χ3n) is 3.04. The molecular weight excluding hydrogens is 450 g/mol. The Labute approximate surface area is 142 Å². The highest BCUT2D eigenvalue weighted by Gasteiger charge is 2.21. The molecule has 1 heterocycles. The molecule has 6 heteroatoms. The number of rotatable bonds is 2. The van der Waals surface area contributed by atoms with Crippen LogP contribution in [0, 0.1) is 9.39 Å². The van der Waals surface area contributed by atoms with Gasteiger partial charge in [0.2, 0.25) is 0 Å². The third-order valence-corrected chi connectivity index (χ3v) is 4.62. The lowest BCUT2D eigenvalue weighted by atomic mass is 10.0. The fourth-order valence-corrected chi connectivity index (χ4v) is 3.29. The van der Waals surface area contributed by atoms with Crippen molar-refractivity contribution in [2.75, 3.05) is 5.73 Å². The van der Waals surface area contributed by atoms with Gasteiger partial charge in [0.1, 0.15) is 5.82 Å². The van der Waals surface area contributed by atoms with Crippen LogP contribution < -0.4 is 5.73 Å². The van der Waals surface area contributed by atoms with E-state index in [-0.39, 0.29) is 5.82 Å². The maximum atomic E-state index is 13.3. The predicted octanol–water partition coefficient (Wildman–Crippen LogP) is 5.10. The lowest BCUT2D eigenvalue weighted by molar-refractivity contribution is 0.436. The van der Waals surface area contributed by atoms with Crippen molar-refractivity contribution >= 4 is 44.3 Å². The van der Waals surface area contributed by atoms with Gasteiger partial charge in [-0.25, -0.2) is 4.39 Å². The average molecular weight is 459 g/mol. The SMILES string of the molecule is Nc1noc(-c2ccc(F)cc2I)c1-c1ccccc1Br. The molecule has 0 saturated heterocycles. The van der Waals surface area contributed by atoms with Gasteiger partial charge in [0, 0.05) is 19.2 Å². The van der Waals surface area contributed by atoms with Gasteiger partial charge in [-0.1, -0.05) is 39.3 Å². The molecule has 1 aromatic heterocycles. The van der Waals surface area contributed by atoms with E-state index in [1.54, 1.807) is 6.07 Å². The van der Waals surface area contributed by atoms with Gasteiger partial charge >= 0.3 is 0 Å². The van der Waals surface area contributed by atoms with Crippen LogP contribution in [0.15, 0.2) is 51.5 Å². The van der Waals surface area contributed by atoms with Gasteiger partial charge in [0.25, 0.3) is 0 Å². The zero-order valence-electron chi connectivity index (χ0n) is 10.6. The summed E-state index contributed by atoms with van der Waals surface area (Å²) in [6.07, 6.45) is 0. The Morgan fingerprint density at radius 1 is 1.14 bits per heavy atom. The lowest BCUT2D eigenvalue weighted by Gasteiger charge is -2.06. The minimum atomic E-state index is -0.293. The Hall–Kier alpha value is -1.41. The summed E-state index contributed by atoms with van der Waals surface area (Å²) in [7, 11) is 0. The molecule has 3 rings (SSSR count).